The molecule has 5 aromatic carbocycles. The molecule has 64 heavy (non-hydrogen) atoms. The zero-order valence-corrected chi connectivity index (χ0v) is 37.5. The maximum absolute atomic E-state index is 14.5. The molecule has 0 radical (unpaired) electrons. The number of methoxy groups -OCH3 is 2. The molecule has 0 aliphatic rings. The molecule has 0 bridgehead atoms. The lowest BCUT2D eigenvalue weighted by atomic mass is 9.85. The van der Waals surface area contributed by atoms with Crippen LogP contribution in [0.3, 0.4) is 0 Å². The van der Waals surface area contributed by atoms with E-state index in [4.69, 9.17) is 14.2 Å². The number of ether oxygens (including phenoxy) is 3. The van der Waals surface area contributed by atoms with E-state index in [2.05, 4.69) is 26.6 Å². The fourth-order valence-corrected chi connectivity index (χ4v) is 7.25. The molecule has 14 nitrogen and oxygen atoms in total. The summed E-state index contributed by atoms with van der Waals surface area (Å²) in [5, 5.41) is 39.3. The third kappa shape index (κ3) is 13.4. The molecule has 0 fully saturated rings. The Morgan fingerprint density at radius 3 is 1.97 bits per heavy atom. The summed E-state index contributed by atoms with van der Waals surface area (Å²) in [5.74, 6) is -1.19. The van der Waals surface area contributed by atoms with Gasteiger partial charge in [0.25, 0.3) is 0 Å². The zero-order chi connectivity index (χ0) is 46.4. The number of hydrogen-bond acceptors (Lipinski definition) is 10. The van der Waals surface area contributed by atoms with Crippen molar-refractivity contribution in [3.8, 4) is 17.2 Å². The molecule has 5 atom stereocenters. The molecule has 0 aliphatic carbocycles. The Balaban J connectivity index is 1.39. The van der Waals surface area contributed by atoms with Gasteiger partial charge in [-0.1, -0.05) is 120 Å². The molecule has 5 aromatic rings. The van der Waals surface area contributed by atoms with Gasteiger partial charge in [-0.2, -0.15) is 0 Å². The quantitative estimate of drug-likeness (QED) is 0.0494. The molecule has 4 amide bonds. The Morgan fingerprint density at radius 1 is 0.656 bits per heavy atom. The zero-order valence-electron chi connectivity index (χ0n) is 37.5. The number of hydrogen-bond donors (Lipinski definition) is 7. The lowest BCUT2D eigenvalue weighted by Crippen LogP contribution is -2.63. The van der Waals surface area contributed by atoms with Crippen molar-refractivity contribution in [2.24, 2.45) is 11.3 Å². The number of nitrogens with one attached hydrogen (secondary N) is 5. The predicted octanol–water partition coefficient (Wildman–Crippen LogP) is 5.91. The highest BCUT2D eigenvalue weighted by atomic mass is 16.5. The van der Waals surface area contributed by atoms with E-state index in [1.54, 1.807) is 66.0 Å². The van der Waals surface area contributed by atoms with Crippen LogP contribution in [0.5, 0.6) is 17.2 Å². The average Bonchev–Trinajstić information content (AvgIpc) is 3.28. The number of alkyl carbamates (subject to hydrolysis) is 1. The number of aromatic hydroxyl groups is 1. The number of carbonyl (C=O) groups excluding carboxylic acids is 4. The molecule has 0 spiro atoms. The molecular weight excluding hydrogens is 815 g/mol. The number of phenolic OH excluding ortho intramolecular Hbond substituents is 1. The first-order valence-corrected chi connectivity index (χ1v) is 21.3. The van der Waals surface area contributed by atoms with Crippen molar-refractivity contribution < 1.29 is 43.6 Å². The minimum absolute atomic E-state index is 0.0274. The molecule has 0 aromatic heterocycles. The van der Waals surface area contributed by atoms with Crippen LogP contribution in [0, 0.1) is 11.3 Å². The van der Waals surface area contributed by atoms with Crippen molar-refractivity contribution in [2.75, 3.05) is 14.2 Å². The van der Waals surface area contributed by atoms with Crippen LogP contribution in [0.2, 0.25) is 0 Å². The number of fused-ring (bicyclic) bond motifs is 1. The van der Waals surface area contributed by atoms with E-state index in [0.717, 1.165) is 27.5 Å². The Labute approximate surface area is 375 Å². The molecule has 0 aliphatic heterocycles. The molecule has 0 saturated heterocycles. The van der Waals surface area contributed by atoms with Gasteiger partial charge in [0.2, 0.25) is 17.7 Å². The summed E-state index contributed by atoms with van der Waals surface area (Å²) in [4.78, 5) is 56.0. The molecule has 340 valence electrons. The van der Waals surface area contributed by atoms with Crippen molar-refractivity contribution in [1.82, 2.24) is 26.6 Å². The summed E-state index contributed by atoms with van der Waals surface area (Å²) in [5.41, 5.74) is 1.95. The van der Waals surface area contributed by atoms with Crippen LogP contribution in [0.1, 0.15) is 56.9 Å². The lowest BCUT2D eigenvalue weighted by Gasteiger charge is -2.35. The summed E-state index contributed by atoms with van der Waals surface area (Å²) in [6, 6.07) is 29.9. The highest BCUT2D eigenvalue weighted by Gasteiger charge is 2.40. The van der Waals surface area contributed by atoms with Gasteiger partial charge >= 0.3 is 6.09 Å². The number of benzene rings is 5. The van der Waals surface area contributed by atoms with Crippen LogP contribution in [0.4, 0.5) is 4.79 Å². The number of aliphatic hydroxyl groups excluding tert-OH is 1. The lowest BCUT2D eigenvalue weighted by molar-refractivity contribution is -0.134. The van der Waals surface area contributed by atoms with E-state index in [-0.39, 0.29) is 31.9 Å². The number of aliphatic hydroxyl groups is 1. The van der Waals surface area contributed by atoms with E-state index < -0.39 is 65.4 Å². The van der Waals surface area contributed by atoms with Crippen molar-refractivity contribution in [3.05, 3.63) is 138 Å². The van der Waals surface area contributed by atoms with Gasteiger partial charge in [0.05, 0.1) is 26.4 Å². The maximum Gasteiger partial charge on any atom is 0.408 e. The van der Waals surface area contributed by atoms with Crippen molar-refractivity contribution in [1.29, 1.82) is 0 Å². The summed E-state index contributed by atoms with van der Waals surface area (Å²) >= 11 is 0. The van der Waals surface area contributed by atoms with Crippen LogP contribution >= 0.6 is 0 Å². The first-order valence-electron chi connectivity index (χ1n) is 21.3. The van der Waals surface area contributed by atoms with Crippen LogP contribution in [0.25, 0.3) is 10.8 Å². The summed E-state index contributed by atoms with van der Waals surface area (Å²) in [7, 11) is 3.04. The van der Waals surface area contributed by atoms with Gasteiger partial charge in [0.15, 0.2) is 0 Å². The number of carbonyl (C=O) groups is 4. The number of amides is 4. The van der Waals surface area contributed by atoms with Gasteiger partial charge in [0.1, 0.15) is 42.0 Å². The third-order valence-electron chi connectivity index (χ3n) is 11.0. The summed E-state index contributed by atoms with van der Waals surface area (Å²) in [6.07, 6.45) is -2.28. The molecule has 7 N–H and O–H groups in total. The molecular formula is C50H61N5O9. The topological polar surface area (TPSA) is 197 Å². The minimum Gasteiger partial charge on any atom is -0.507 e. The number of rotatable bonds is 20. The Bertz CT molecular complexity index is 2330. The van der Waals surface area contributed by atoms with Crippen LogP contribution in [0.15, 0.2) is 115 Å². The molecule has 0 heterocycles. The summed E-state index contributed by atoms with van der Waals surface area (Å²) in [6.45, 7) is 9.00. The van der Waals surface area contributed by atoms with E-state index >= 15 is 0 Å². The summed E-state index contributed by atoms with van der Waals surface area (Å²) < 4.78 is 16.1. The van der Waals surface area contributed by atoms with E-state index in [0.29, 0.717) is 17.1 Å². The van der Waals surface area contributed by atoms with Gasteiger partial charge in [-0.25, -0.2) is 4.79 Å². The second-order valence-electron chi connectivity index (χ2n) is 17.1. The average molecular weight is 876 g/mol. The molecule has 0 unspecified atom stereocenters. The minimum atomic E-state index is -1.58. The predicted molar refractivity (Wildman–Crippen MR) is 245 cm³/mol. The largest absolute Gasteiger partial charge is 0.507 e. The van der Waals surface area contributed by atoms with Crippen molar-refractivity contribution >= 4 is 34.6 Å². The normalized spacial score (nSPS) is 13.8. The van der Waals surface area contributed by atoms with Gasteiger partial charge in [-0.3, -0.25) is 19.7 Å². The van der Waals surface area contributed by atoms with Crippen molar-refractivity contribution in [3.63, 3.8) is 0 Å². The highest BCUT2D eigenvalue weighted by molar-refractivity contribution is 5.91. The van der Waals surface area contributed by atoms with Crippen LogP contribution in [-0.4, -0.2) is 78.5 Å². The van der Waals surface area contributed by atoms with Crippen molar-refractivity contribution in [2.45, 2.75) is 91.0 Å². The van der Waals surface area contributed by atoms with Gasteiger partial charge < -0.3 is 45.7 Å². The van der Waals surface area contributed by atoms with E-state index in [9.17, 15) is 29.4 Å². The third-order valence-corrected chi connectivity index (χ3v) is 11.0. The fourth-order valence-electron chi connectivity index (χ4n) is 7.25. The SMILES string of the molecule is COc1ccc(CN[C@@H](C(=O)N[C@H](C(=O)NCc2ccc(OC)cc2O)C(C)C)[C@@H](O)[C@H](Cc2ccccc2)NC(=O)[C@@H](NC(=O)OCc2cccc3ccccc23)C(C)(C)C)cc1. The number of phenols is 1. The van der Waals surface area contributed by atoms with Gasteiger partial charge in [-0.05, 0) is 69.5 Å². The van der Waals surface area contributed by atoms with Crippen LogP contribution in [-0.2, 0) is 45.2 Å². The molecule has 14 heteroatoms. The first kappa shape index (κ1) is 48.4. The maximum atomic E-state index is 14.5. The van der Waals surface area contributed by atoms with Crippen LogP contribution < -0.4 is 36.1 Å². The van der Waals surface area contributed by atoms with E-state index in [1.165, 1.54) is 13.2 Å². The monoisotopic (exact) mass is 875 g/mol. The smallest absolute Gasteiger partial charge is 0.408 e. The fraction of sp³-hybridized carbons (Fsp3) is 0.360. The Morgan fingerprint density at radius 2 is 1.31 bits per heavy atom. The van der Waals surface area contributed by atoms with Gasteiger partial charge in [0, 0.05) is 24.7 Å². The standard InChI is InChI=1S/C50H61N5O9/c1-31(2)42(46(58)52-29-35-22-25-38(63-7)27-41(35)56)54-47(59)43(51-28-33-20-23-37(62-6)24-21-33)44(57)40(26-32-14-9-8-10-15-32)53-48(60)45(50(3,4)5)55-49(61)64-30-36-18-13-17-34-16-11-12-19-39(34)36/h8-25,27,31,40,42-45,51,56-57H,26,28-30H2,1-7H3,(H,52,58)(H,53,60)(H,54,59)(H,55,61)/t40-,42-,43+,44-,45+/m0/s1. The second kappa shape index (κ2) is 22.6. The Kier molecular flexibility index (Phi) is 17.1. The molecule has 0 saturated carbocycles. The Hall–Kier alpha value is -6.64. The van der Waals surface area contributed by atoms with E-state index in [1.807, 2.05) is 84.9 Å². The van der Waals surface area contributed by atoms with Gasteiger partial charge in [-0.15, -0.1) is 0 Å². The second-order valence-corrected chi connectivity index (χ2v) is 17.1. The highest BCUT2D eigenvalue weighted by Crippen LogP contribution is 2.25. The molecule has 5 rings (SSSR count). The first-order chi connectivity index (χ1) is 30.6.